The summed E-state index contributed by atoms with van der Waals surface area (Å²) in [4.78, 5) is 0. The van der Waals surface area contributed by atoms with Crippen LogP contribution < -0.4 is 5.32 Å². The van der Waals surface area contributed by atoms with Gasteiger partial charge in [-0.2, -0.15) is 5.26 Å². The second kappa shape index (κ2) is 5.75. The van der Waals surface area contributed by atoms with Crippen molar-refractivity contribution in [3.05, 3.63) is 65.5 Å². The summed E-state index contributed by atoms with van der Waals surface area (Å²) < 4.78 is 13.5. The quantitative estimate of drug-likeness (QED) is 0.906. The number of anilines is 1. The van der Waals surface area contributed by atoms with Crippen molar-refractivity contribution in [3.8, 4) is 6.07 Å². The number of nitriles is 1. The minimum Gasteiger partial charge on any atom is -0.383 e. The standard InChI is InChI=1S/C17H17FN2/c1-17(2,13-7-4-3-5-8-13)12-20-16-10-6-9-15(18)14(16)11-19/h3-10,20H,12H2,1-2H3. The lowest BCUT2D eigenvalue weighted by molar-refractivity contribution is 0.556. The van der Waals surface area contributed by atoms with Crippen molar-refractivity contribution < 1.29 is 4.39 Å². The maximum absolute atomic E-state index is 13.5. The van der Waals surface area contributed by atoms with Crippen LogP contribution in [0.5, 0.6) is 0 Å². The number of benzene rings is 2. The fourth-order valence-corrected chi connectivity index (χ4v) is 2.09. The first-order chi connectivity index (χ1) is 9.54. The van der Waals surface area contributed by atoms with E-state index >= 15 is 0 Å². The Morgan fingerprint density at radius 2 is 1.80 bits per heavy atom. The van der Waals surface area contributed by atoms with Gasteiger partial charge >= 0.3 is 0 Å². The number of halogens is 1. The fraction of sp³-hybridized carbons (Fsp3) is 0.235. The summed E-state index contributed by atoms with van der Waals surface area (Å²) in [6.07, 6.45) is 0. The van der Waals surface area contributed by atoms with Crippen LogP contribution in [0.2, 0.25) is 0 Å². The average molecular weight is 268 g/mol. The van der Waals surface area contributed by atoms with Crippen molar-refractivity contribution in [1.29, 1.82) is 5.26 Å². The summed E-state index contributed by atoms with van der Waals surface area (Å²) in [7, 11) is 0. The van der Waals surface area contributed by atoms with E-state index in [4.69, 9.17) is 5.26 Å². The zero-order valence-electron chi connectivity index (χ0n) is 11.7. The van der Waals surface area contributed by atoms with Crippen molar-refractivity contribution in [2.75, 3.05) is 11.9 Å². The molecule has 0 aliphatic carbocycles. The average Bonchev–Trinajstić information content (AvgIpc) is 2.46. The van der Waals surface area contributed by atoms with Crippen molar-refractivity contribution >= 4 is 5.69 Å². The van der Waals surface area contributed by atoms with E-state index < -0.39 is 5.82 Å². The summed E-state index contributed by atoms with van der Waals surface area (Å²) in [5, 5.41) is 12.2. The molecule has 0 fully saturated rings. The van der Waals surface area contributed by atoms with Gasteiger partial charge in [0.2, 0.25) is 0 Å². The molecule has 3 heteroatoms. The Labute approximate surface area is 118 Å². The van der Waals surface area contributed by atoms with Gasteiger partial charge in [-0.25, -0.2) is 4.39 Å². The third kappa shape index (κ3) is 2.97. The minimum atomic E-state index is -0.491. The van der Waals surface area contributed by atoms with E-state index in [1.807, 2.05) is 24.3 Å². The lowest BCUT2D eigenvalue weighted by atomic mass is 9.84. The maximum Gasteiger partial charge on any atom is 0.143 e. The van der Waals surface area contributed by atoms with Crippen LogP contribution in [0.1, 0.15) is 25.0 Å². The van der Waals surface area contributed by atoms with Crippen LogP contribution in [-0.4, -0.2) is 6.54 Å². The number of nitrogens with one attached hydrogen (secondary N) is 1. The molecule has 2 aromatic carbocycles. The zero-order chi connectivity index (χ0) is 14.6. The van der Waals surface area contributed by atoms with E-state index in [0.29, 0.717) is 12.2 Å². The number of rotatable bonds is 4. The van der Waals surface area contributed by atoms with Crippen LogP contribution in [-0.2, 0) is 5.41 Å². The van der Waals surface area contributed by atoms with Crippen molar-refractivity contribution in [1.82, 2.24) is 0 Å². The second-order valence-electron chi connectivity index (χ2n) is 5.38. The van der Waals surface area contributed by atoms with Gasteiger partial charge in [0.05, 0.1) is 5.69 Å². The largest absolute Gasteiger partial charge is 0.383 e. The smallest absolute Gasteiger partial charge is 0.143 e. The van der Waals surface area contributed by atoms with Gasteiger partial charge in [-0.3, -0.25) is 0 Å². The predicted octanol–water partition coefficient (Wildman–Crippen LogP) is 4.09. The van der Waals surface area contributed by atoms with Crippen LogP contribution in [0, 0.1) is 17.1 Å². The normalized spacial score (nSPS) is 10.9. The molecular weight excluding hydrogens is 251 g/mol. The first-order valence-corrected chi connectivity index (χ1v) is 6.52. The molecule has 0 aliphatic heterocycles. The summed E-state index contributed by atoms with van der Waals surface area (Å²) in [6, 6.07) is 16.6. The molecule has 0 saturated heterocycles. The molecule has 102 valence electrons. The summed E-state index contributed by atoms with van der Waals surface area (Å²) in [6.45, 7) is 4.84. The molecule has 0 unspecified atom stereocenters. The van der Waals surface area contributed by atoms with Crippen LogP contribution in [0.3, 0.4) is 0 Å². The van der Waals surface area contributed by atoms with E-state index in [0.717, 1.165) is 0 Å². The Morgan fingerprint density at radius 1 is 1.10 bits per heavy atom. The third-order valence-corrected chi connectivity index (χ3v) is 3.40. The SMILES string of the molecule is CC(C)(CNc1cccc(F)c1C#N)c1ccccc1. The monoisotopic (exact) mass is 268 g/mol. The van der Waals surface area contributed by atoms with Gasteiger partial charge in [0.25, 0.3) is 0 Å². The molecule has 0 atom stereocenters. The molecule has 20 heavy (non-hydrogen) atoms. The van der Waals surface area contributed by atoms with E-state index in [1.165, 1.54) is 11.6 Å². The topological polar surface area (TPSA) is 35.8 Å². The van der Waals surface area contributed by atoms with Gasteiger partial charge in [0.15, 0.2) is 0 Å². The Balaban J connectivity index is 2.17. The maximum atomic E-state index is 13.5. The molecule has 0 bridgehead atoms. The molecule has 2 aromatic rings. The van der Waals surface area contributed by atoms with Crippen LogP contribution in [0.15, 0.2) is 48.5 Å². The van der Waals surface area contributed by atoms with Gasteiger partial charge in [-0.1, -0.05) is 50.2 Å². The molecular formula is C17H17FN2. The first-order valence-electron chi connectivity index (χ1n) is 6.52. The van der Waals surface area contributed by atoms with Gasteiger partial charge in [0, 0.05) is 12.0 Å². The molecule has 0 aromatic heterocycles. The van der Waals surface area contributed by atoms with Gasteiger partial charge < -0.3 is 5.32 Å². The molecule has 0 heterocycles. The highest BCUT2D eigenvalue weighted by molar-refractivity contribution is 5.58. The molecule has 2 nitrogen and oxygen atoms in total. The lowest BCUT2D eigenvalue weighted by Gasteiger charge is -2.26. The van der Waals surface area contributed by atoms with Crippen LogP contribution in [0.4, 0.5) is 10.1 Å². The molecule has 0 amide bonds. The van der Waals surface area contributed by atoms with Crippen molar-refractivity contribution in [2.45, 2.75) is 19.3 Å². The summed E-state index contributed by atoms with van der Waals surface area (Å²) >= 11 is 0. The third-order valence-electron chi connectivity index (χ3n) is 3.40. The van der Waals surface area contributed by atoms with Gasteiger partial charge in [0.1, 0.15) is 17.4 Å². The van der Waals surface area contributed by atoms with Crippen LogP contribution in [0.25, 0.3) is 0 Å². The molecule has 0 radical (unpaired) electrons. The molecule has 0 spiro atoms. The Bertz CT molecular complexity index is 627. The highest BCUT2D eigenvalue weighted by atomic mass is 19.1. The number of nitrogens with zero attached hydrogens (tertiary/aromatic N) is 1. The van der Waals surface area contributed by atoms with Crippen molar-refractivity contribution in [2.24, 2.45) is 0 Å². The fourth-order valence-electron chi connectivity index (χ4n) is 2.09. The van der Waals surface area contributed by atoms with Crippen molar-refractivity contribution in [3.63, 3.8) is 0 Å². The van der Waals surface area contributed by atoms with Gasteiger partial charge in [-0.05, 0) is 17.7 Å². The van der Waals surface area contributed by atoms with E-state index in [1.54, 1.807) is 12.1 Å². The zero-order valence-corrected chi connectivity index (χ0v) is 11.7. The summed E-state index contributed by atoms with van der Waals surface area (Å²) in [5.74, 6) is -0.491. The highest BCUT2D eigenvalue weighted by Crippen LogP contribution is 2.25. The Hall–Kier alpha value is -2.34. The van der Waals surface area contributed by atoms with E-state index in [9.17, 15) is 4.39 Å². The predicted molar refractivity (Wildman–Crippen MR) is 79.1 cm³/mol. The van der Waals surface area contributed by atoms with E-state index in [-0.39, 0.29) is 11.0 Å². The molecule has 0 aliphatic rings. The van der Waals surface area contributed by atoms with Crippen LogP contribution >= 0.6 is 0 Å². The molecule has 2 rings (SSSR count). The lowest BCUT2D eigenvalue weighted by Crippen LogP contribution is -2.27. The number of hydrogen-bond acceptors (Lipinski definition) is 2. The summed E-state index contributed by atoms with van der Waals surface area (Å²) in [5.41, 5.74) is 1.69. The van der Waals surface area contributed by atoms with Gasteiger partial charge in [-0.15, -0.1) is 0 Å². The Kier molecular flexibility index (Phi) is 4.05. The molecule has 1 N–H and O–H groups in total. The molecule has 0 saturated carbocycles. The van der Waals surface area contributed by atoms with E-state index in [2.05, 4.69) is 31.3 Å². The minimum absolute atomic E-state index is 0.0661. The second-order valence-corrected chi connectivity index (χ2v) is 5.38. The first kappa shape index (κ1) is 14.1. The highest BCUT2D eigenvalue weighted by Gasteiger charge is 2.20. The Morgan fingerprint density at radius 3 is 2.45 bits per heavy atom. The number of hydrogen-bond donors (Lipinski definition) is 1.